The Balaban J connectivity index is 0.000000157. The second kappa shape index (κ2) is 17.6. The molecule has 0 spiro atoms. The molecule has 8 aromatic rings. The van der Waals surface area contributed by atoms with E-state index in [1.165, 1.54) is 0 Å². The van der Waals surface area contributed by atoms with Gasteiger partial charge in [-0.15, -0.1) is 0 Å². The lowest BCUT2D eigenvalue weighted by Crippen LogP contribution is -2.52. The molecule has 2 saturated heterocycles. The van der Waals surface area contributed by atoms with Crippen molar-refractivity contribution in [2.45, 2.75) is 6.82 Å². The van der Waals surface area contributed by atoms with Crippen LogP contribution >= 0.6 is 0 Å². The third-order valence-electron chi connectivity index (χ3n) is 10.9. The molecule has 0 radical (unpaired) electrons. The molecule has 2 amide bonds. The minimum atomic E-state index is -0.488. The van der Waals surface area contributed by atoms with E-state index < -0.39 is 7.05 Å². The number of nitrogens with one attached hydrogen (secondary N) is 1. The van der Waals surface area contributed by atoms with Crippen molar-refractivity contribution in [1.82, 2.24) is 59.0 Å². The van der Waals surface area contributed by atoms with Gasteiger partial charge < -0.3 is 25.0 Å². The van der Waals surface area contributed by atoms with Gasteiger partial charge in [-0.05, 0) is 104 Å². The number of piperazine rings is 2. The summed E-state index contributed by atoms with van der Waals surface area (Å²) < 4.78 is 3.95. The molecule has 304 valence electrons. The molecule has 16 heteroatoms. The Morgan fingerprint density at radius 3 is 1.41 bits per heavy atom. The van der Waals surface area contributed by atoms with Gasteiger partial charge in [-0.1, -0.05) is 12.1 Å². The number of imidazole rings is 2. The van der Waals surface area contributed by atoms with Crippen molar-refractivity contribution in [3.63, 3.8) is 0 Å². The summed E-state index contributed by atoms with van der Waals surface area (Å²) in [7, 11) is -0.488. The zero-order chi connectivity index (χ0) is 41.7. The number of carbonyl (C=O) groups is 2. The van der Waals surface area contributed by atoms with Gasteiger partial charge >= 0.3 is 7.05 Å². The Morgan fingerprint density at radius 1 is 0.541 bits per heavy atom. The summed E-state index contributed by atoms with van der Waals surface area (Å²) in [5.41, 5.74) is 7.68. The summed E-state index contributed by atoms with van der Waals surface area (Å²) in [6.45, 7) is 7.44. The van der Waals surface area contributed by atoms with E-state index in [4.69, 9.17) is 9.97 Å². The second-order valence-corrected chi connectivity index (χ2v) is 14.8. The summed E-state index contributed by atoms with van der Waals surface area (Å²) in [5, 5.41) is 13.0. The maximum absolute atomic E-state index is 13.0. The maximum Gasteiger partial charge on any atom is 0.376 e. The largest absolute Gasteiger partial charge is 0.437 e. The number of hydrogen-bond acceptors (Lipinski definition) is 11. The number of benzene rings is 2. The lowest BCUT2D eigenvalue weighted by molar-refractivity contribution is 0.0687. The van der Waals surface area contributed by atoms with Gasteiger partial charge in [-0.3, -0.25) is 28.7 Å². The number of rotatable bonds is 7. The van der Waals surface area contributed by atoms with E-state index in [9.17, 15) is 14.6 Å². The van der Waals surface area contributed by atoms with E-state index in [0.29, 0.717) is 43.1 Å². The van der Waals surface area contributed by atoms with Crippen molar-refractivity contribution in [3.8, 4) is 34.4 Å². The molecule has 2 aliphatic rings. The Bertz CT molecular complexity index is 2770. The van der Waals surface area contributed by atoms with Crippen molar-refractivity contribution in [2.75, 3.05) is 52.4 Å². The van der Waals surface area contributed by atoms with Crippen LogP contribution in [0.5, 0.6) is 0 Å². The number of carbonyl (C=O) groups excluding carboxylic acids is 2. The zero-order valence-corrected chi connectivity index (χ0v) is 33.6. The molecule has 10 rings (SSSR count). The number of hydrogen-bond donors (Lipinski definition) is 2. The first-order valence-electron chi connectivity index (χ1n) is 20.3. The predicted octanol–water partition coefficient (Wildman–Crippen LogP) is 4.88. The second-order valence-electron chi connectivity index (χ2n) is 14.8. The van der Waals surface area contributed by atoms with Crippen molar-refractivity contribution < 1.29 is 14.6 Å². The summed E-state index contributed by atoms with van der Waals surface area (Å²) in [4.78, 5) is 58.9. The van der Waals surface area contributed by atoms with Gasteiger partial charge in [0.15, 0.2) is 22.9 Å². The van der Waals surface area contributed by atoms with Crippen LogP contribution in [0.25, 0.3) is 56.7 Å². The van der Waals surface area contributed by atoms with Crippen LogP contribution < -0.4 is 5.32 Å². The Morgan fingerprint density at radius 2 is 0.984 bits per heavy atom. The molecule has 61 heavy (non-hydrogen) atoms. The molecular formula is C45H43BN12O3. The first-order valence-corrected chi connectivity index (χ1v) is 20.3. The van der Waals surface area contributed by atoms with Crippen molar-refractivity contribution in [2.24, 2.45) is 0 Å². The number of aromatic nitrogens is 8. The number of nitrogens with zero attached hydrogens (tertiary/aromatic N) is 11. The average molecular weight is 811 g/mol. The summed E-state index contributed by atoms with van der Waals surface area (Å²) in [6.07, 6.45) is 6.99. The minimum absolute atomic E-state index is 0.000330. The standard InChI is InChI=1S/C23H23BN6O2.C22H20N6O/c1-24(32)29-15-13-28(14-16-29)23(31)17-7-9-18(10-8-17)30-21-20(6-4-12-26-21)27-22(30)19-5-2-3-11-25-19;29-22(27-14-12-23-13-15-27)16-6-8-17(9-7-16)28-20-19(5-3-11-25-20)26-21(28)18-4-1-2-10-24-18/h2-12,32H,13-16H2,1H3;1-11,23H,12-15H2. The maximum atomic E-state index is 13.0. The quantitative estimate of drug-likeness (QED) is 0.211. The fourth-order valence-corrected chi connectivity index (χ4v) is 7.69. The van der Waals surface area contributed by atoms with Crippen molar-refractivity contribution in [1.29, 1.82) is 0 Å². The van der Waals surface area contributed by atoms with Crippen molar-refractivity contribution >= 4 is 41.2 Å². The number of amides is 2. The Kier molecular flexibility index (Phi) is 11.4. The van der Waals surface area contributed by atoms with Crippen LogP contribution in [0, 0.1) is 0 Å². The Labute approximate surface area is 352 Å². The molecule has 2 N–H and O–H groups in total. The van der Waals surface area contributed by atoms with Gasteiger partial charge in [0.1, 0.15) is 22.4 Å². The zero-order valence-electron chi connectivity index (χ0n) is 33.6. The van der Waals surface area contributed by atoms with E-state index in [-0.39, 0.29) is 11.8 Å². The average Bonchev–Trinajstić information content (AvgIpc) is 3.92. The molecule has 0 aliphatic carbocycles. The number of pyridine rings is 4. The molecule has 8 heterocycles. The molecule has 0 atom stereocenters. The highest BCUT2D eigenvalue weighted by Gasteiger charge is 2.26. The highest BCUT2D eigenvalue weighted by Crippen LogP contribution is 2.28. The molecule has 0 bridgehead atoms. The third kappa shape index (κ3) is 8.24. The smallest absolute Gasteiger partial charge is 0.376 e. The van der Waals surface area contributed by atoms with Gasteiger partial charge in [0.2, 0.25) is 0 Å². The normalized spacial score (nSPS) is 14.5. The molecule has 2 fully saturated rings. The molecule has 2 aliphatic heterocycles. The molecule has 2 aromatic carbocycles. The fourth-order valence-electron chi connectivity index (χ4n) is 7.69. The molecule has 6 aromatic heterocycles. The molecule has 0 saturated carbocycles. The monoisotopic (exact) mass is 810 g/mol. The molecule has 0 unspecified atom stereocenters. The highest BCUT2D eigenvalue weighted by atomic mass is 16.2. The van der Waals surface area contributed by atoms with Gasteiger partial charge in [-0.2, -0.15) is 0 Å². The van der Waals surface area contributed by atoms with E-state index in [2.05, 4.69) is 25.3 Å². The first kappa shape index (κ1) is 39.3. The summed E-state index contributed by atoms with van der Waals surface area (Å²) in [6, 6.07) is 34.2. The lowest BCUT2D eigenvalue weighted by Gasteiger charge is -2.35. The van der Waals surface area contributed by atoms with Crippen molar-refractivity contribution in [3.05, 3.63) is 145 Å². The van der Waals surface area contributed by atoms with Crippen LogP contribution in [-0.2, 0) is 0 Å². The fraction of sp³-hybridized carbons (Fsp3) is 0.200. The van der Waals surface area contributed by atoms with Gasteiger partial charge in [0.25, 0.3) is 11.8 Å². The first-order chi connectivity index (χ1) is 29.9. The molecular weight excluding hydrogens is 767 g/mol. The van der Waals surface area contributed by atoms with E-state index in [1.54, 1.807) is 31.6 Å². The van der Waals surface area contributed by atoms with Crippen LogP contribution in [0.15, 0.2) is 134 Å². The summed E-state index contributed by atoms with van der Waals surface area (Å²) >= 11 is 0. The van der Waals surface area contributed by atoms with E-state index in [1.807, 2.05) is 133 Å². The minimum Gasteiger partial charge on any atom is -0.437 e. The van der Waals surface area contributed by atoms with Gasteiger partial charge in [0.05, 0.1) is 0 Å². The third-order valence-corrected chi connectivity index (χ3v) is 10.9. The van der Waals surface area contributed by atoms with Crippen LogP contribution in [0.1, 0.15) is 20.7 Å². The van der Waals surface area contributed by atoms with E-state index >= 15 is 0 Å². The van der Waals surface area contributed by atoms with Crippen LogP contribution in [-0.4, -0.2) is 130 Å². The van der Waals surface area contributed by atoms with Gasteiger partial charge in [0, 0.05) is 99.6 Å². The number of fused-ring (bicyclic) bond motifs is 2. The lowest BCUT2D eigenvalue weighted by atomic mass is 9.84. The predicted molar refractivity (Wildman–Crippen MR) is 234 cm³/mol. The topological polar surface area (TPSA) is 163 Å². The van der Waals surface area contributed by atoms with E-state index in [0.717, 1.165) is 77.1 Å². The summed E-state index contributed by atoms with van der Waals surface area (Å²) in [5.74, 6) is 1.49. The SMILES string of the molecule is CB(O)N1CCN(C(=O)c2ccc(-n3c(-c4ccccn4)nc4cccnc43)cc2)CC1.O=C(c1ccc(-n2c(-c3ccccn3)nc3cccnc32)cc1)N1CCNCC1. The van der Waals surface area contributed by atoms with Crippen LogP contribution in [0.2, 0.25) is 6.82 Å². The molecule has 15 nitrogen and oxygen atoms in total. The van der Waals surface area contributed by atoms with Crippen LogP contribution in [0.4, 0.5) is 0 Å². The highest BCUT2D eigenvalue weighted by molar-refractivity contribution is 6.45. The van der Waals surface area contributed by atoms with Gasteiger partial charge in [-0.25, -0.2) is 19.9 Å². The van der Waals surface area contributed by atoms with Crippen LogP contribution in [0.3, 0.4) is 0 Å². The Hall–Kier alpha value is -7.14.